The molecule has 0 radical (unpaired) electrons. The Kier molecular flexibility index (Phi) is 9.51. The number of para-hydroxylation sites is 2. The molecule has 0 N–H and O–H groups in total. The first-order valence-corrected chi connectivity index (χ1v) is 25.4. The molecule has 2 nitrogen and oxygen atoms in total. The molecule has 0 aliphatic rings. The Balaban J connectivity index is 1.22. The van der Waals surface area contributed by atoms with E-state index in [0.717, 1.165) is 55.6 Å². The number of anilines is 6. The second-order valence-electron chi connectivity index (χ2n) is 20.0. The summed E-state index contributed by atoms with van der Waals surface area (Å²) < 4.78 is 129. The number of aryl methyl sites for hydroxylation is 8. The Morgan fingerprint density at radius 2 is 0.645 bits per heavy atom. The van der Waals surface area contributed by atoms with Crippen molar-refractivity contribution in [3.05, 3.63) is 262 Å². The summed E-state index contributed by atoms with van der Waals surface area (Å²) in [5.41, 5.74) is 11.8. The Bertz CT molecular complexity index is 4420. The Hall–Kier alpha value is -8.86. The molecule has 0 unspecified atom stereocenters. The number of hydrogen-bond donors (Lipinski definition) is 0. The van der Waals surface area contributed by atoms with Crippen molar-refractivity contribution in [2.45, 2.75) is 55.4 Å². The molecule has 0 fully saturated rings. The van der Waals surface area contributed by atoms with E-state index in [4.69, 9.17) is 8.22 Å². The van der Waals surface area contributed by atoms with Crippen LogP contribution in [0.15, 0.2) is 206 Å². The summed E-state index contributed by atoms with van der Waals surface area (Å²) in [6.45, 7) is 15.6. The van der Waals surface area contributed by atoms with Gasteiger partial charge in [-0.3, -0.25) is 0 Å². The molecule has 0 spiro atoms. The van der Waals surface area contributed by atoms with Crippen molar-refractivity contribution in [2.24, 2.45) is 0 Å². The fourth-order valence-electron chi connectivity index (χ4n) is 11.9. The maximum atomic E-state index is 18.6. The topological polar surface area (TPSA) is 6.48 Å². The summed E-state index contributed by atoms with van der Waals surface area (Å²) in [4.78, 5) is 2.92. The molecule has 0 bridgehead atoms. The first-order chi connectivity index (χ1) is 41.0. The molecule has 0 amide bonds. The van der Waals surface area contributed by atoms with E-state index in [9.17, 15) is 5.48 Å². The smallest absolute Gasteiger partial charge is 0.148 e. The molecule has 12 aromatic rings. The lowest BCUT2D eigenvalue weighted by atomic mass is 9.87. The maximum Gasteiger partial charge on any atom is 0.148 e. The summed E-state index contributed by atoms with van der Waals surface area (Å²) in [7, 11) is 0. The van der Waals surface area contributed by atoms with Crippen molar-refractivity contribution in [3.63, 3.8) is 0 Å². The fourth-order valence-corrected chi connectivity index (χ4v) is 11.9. The largest absolute Gasteiger partial charge is 0.307 e. The predicted molar refractivity (Wildman–Crippen MR) is 319 cm³/mol. The summed E-state index contributed by atoms with van der Waals surface area (Å²) in [5.74, 6) is -1.44. The zero-order valence-electron chi connectivity index (χ0n) is 53.5. The summed E-state index contributed by atoms with van der Waals surface area (Å²) >= 11 is 0. The van der Waals surface area contributed by atoms with E-state index in [1.165, 1.54) is 21.9 Å². The first-order valence-electron chi connectivity index (χ1n) is 30.4. The van der Waals surface area contributed by atoms with E-state index in [-0.39, 0.29) is 34.1 Å². The van der Waals surface area contributed by atoms with Crippen LogP contribution in [0.4, 0.5) is 42.9 Å². The number of benzene rings is 12. The van der Waals surface area contributed by atoms with Crippen LogP contribution in [0.1, 0.15) is 58.2 Å². The van der Waals surface area contributed by atoms with Gasteiger partial charge in [0, 0.05) is 33.3 Å². The molecule has 76 heavy (non-hydrogen) atoms. The van der Waals surface area contributed by atoms with Crippen molar-refractivity contribution in [3.8, 4) is 44.5 Å². The lowest BCUT2D eigenvalue weighted by Gasteiger charge is -2.32. The Morgan fingerprint density at radius 1 is 0.342 bits per heavy atom. The molecular weight excluding hydrogens is 931 g/mol. The Labute approximate surface area is 459 Å². The van der Waals surface area contributed by atoms with Crippen LogP contribution in [0, 0.1) is 67.0 Å². The molecule has 0 saturated carbocycles. The Morgan fingerprint density at radius 3 is 0.974 bits per heavy atom. The molecule has 4 heteroatoms. The van der Waals surface area contributed by atoms with E-state index < -0.39 is 72.1 Å². The third kappa shape index (κ3) is 7.99. The van der Waals surface area contributed by atoms with Crippen LogP contribution in [0.25, 0.3) is 76.8 Å². The van der Waals surface area contributed by atoms with Crippen molar-refractivity contribution in [2.75, 3.05) is 9.80 Å². The maximum absolute atomic E-state index is 18.6. The quantitative estimate of drug-likeness (QED) is 0.126. The highest BCUT2D eigenvalue weighted by atomic mass is 19.1. The van der Waals surface area contributed by atoms with Crippen LogP contribution >= 0.6 is 0 Å². The van der Waals surface area contributed by atoms with Crippen molar-refractivity contribution >= 4 is 66.4 Å². The summed E-state index contributed by atoms with van der Waals surface area (Å²) in [5, 5.41) is 3.61. The molecule has 370 valence electrons. The molecule has 0 aliphatic heterocycles. The summed E-state index contributed by atoms with van der Waals surface area (Å²) in [6.07, 6.45) is 0. The number of rotatable bonds is 10. The second kappa shape index (κ2) is 19.1. The minimum Gasteiger partial charge on any atom is -0.307 e. The van der Waals surface area contributed by atoms with Crippen LogP contribution in [0.2, 0.25) is 0 Å². The van der Waals surface area contributed by atoms with Crippen molar-refractivity contribution < 1.29 is 22.5 Å². The number of hydrogen-bond acceptors (Lipinski definition) is 2. The lowest BCUT2D eigenvalue weighted by Crippen LogP contribution is -2.15. The van der Waals surface area contributed by atoms with Gasteiger partial charge in [-0.15, -0.1) is 0 Å². The third-order valence-corrected chi connectivity index (χ3v) is 15.1. The van der Waals surface area contributed by atoms with E-state index >= 15 is 8.78 Å². The van der Waals surface area contributed by atoms with Gasteiger partial charge < -0.3 is 9.80 Å². The van der Waals surface area contributed by atoms with Crippen molar-refractivity contribution in [1.82, 2.24) is 0 Å². The van der Waals surface area contributed by atoms with Crippen LogP contribution in [-0.2, 0) is 0 Å². The summed E-state index contributed by atoms with van der Waals surface area (Å²) in [6, 6.07) is 38.8. The molecule has 0 aromatic heterocycles. The number of nitrogens with zero attached hydrogens (tertiary/aromatic N) is 2. The molecular formula is C72H58F2N2. The van der Waals surface area contributed by atoms with Gasteiger partial charge in [-0.2, -0.15) is 0 Å². The lowest BCUT2D eigenvalue weighted by molar-refractivity contribution is 0.629. The van der Waals surface area contributed by atoms with Crippen LogP contribution in [0.3, 0.4) is 0 Å². The normalized spacial score (nSPS) is 13.4. The van der Waals surface area contributed by atoms with Gasteiger partial charge >= 0.3 is 0 Å². The standard InChI is InChI=1S/C72H58F2N2/c1-43-19-15-20-44(2)65(43)53-39-59(67-47(5)23-17-24-48(67)6)71(61(73)41-53)75(55-27-11-9-12-28-55)63-37-33-51-32-36-58-64(38-34-52-31-35-57(63)69(51)70(52)58)76(56-29-13-10-14-30-56)72-60(68-49(7)25-18-26-50(68)8)40-54(42-62(72)74)66-45(3)21-16-22-46(66)4/h9-42H,1-8H3/i9D,10D,11D,12D,13D,14D,27D,28D,29D,30D. The fraction of sp³-hybridized carbons (Fsp3) is 0.111. The van der Waals surface area contributed by atoms with Gasteiger partial charge in [0.05, 0.1) is 36.5 Å². The van der Waals surface area contributed by atoms with Crippen LogP contribution < -0.4 is 9.80 Å². The van der Waals surface area contributed by atoms with E-state index in [2.05, 4.69) is 0 Å². The van der Waals surface area contributed by atoms with Gasteiger partial charge in [0.1, 0.15) is 11.6 Å². The third-order valence-electron chi connectivity index (χ3n) is 15.1. The average molecular weight is 999 g/mol. The van der Waals surface area contributed by atoms with Gasteiger partial charge in [0.25, 0.3) is 0 Å². The monoisotopic (exact) mass is 999 g/mol. The molecule has 12 rings (SSSR count). The highest BCUT2D eigenvalue weighted by Gasteiger charge is 2.30. The first kappa shape index (κ1) is 37.8. The van der Waals surface area contributed by atoms with Crippen LogP contribution in [-0.4, -0.2) is 0 Å². The zero-order valence-corrected chi connectivity index (χ0v) is 43.5. The van der Waals surface area contributed by atoms with Gasteiger partial charge in [0.2, 0.25) is 0 Å². The van der Waals surface area contributed by atoms with Gasteiger partial charge in [-0.1, -0.05) is 145 Å². The predicted octanol–water partition coefficient (Wildman–Crippen LogP) is 20.9. The SMILES string of the molecule is [2H]c1c([2H])c([2H])c(N(c2c(F)cc(-c3c(C)cccc3C)cc2-c2c(C)cccc2C)c2ccc3ccc4c(N(c5c(F)cc(-c6c(C)cccc6C)cc5-c5c(C)cccc5C)c5c([2H])c([2H])c([2H])c([2H])c5[2H])ccc5ccc2c3c54)c([2H])c1[2H]. The highest BCUT2D eigenvalue weighted by Crippen LogP contribution is 2.53. The van der Waals surface area contributed by atoms with Crippen molar-refractivity contribution in [1.29, 1.82) is 0 Å². The molecule has 0 atom stereocenters. The van der Waals surface area contributed by atoms with Gasteiger partial charge in [0.15, 0.2) is 0 Å². The van der Waals surface area contributed by atoms with E-state index in [1.807, 2.05) is 177 Å². The van der Waals surface area contributed by atoms with Crippen LogP contribution in [0.5, 0.6) is 0 Å². The van der Waals surface area contributed by atoms with E-state index in [1.54, 1.807) is 12.1 Å². The molecule has 0 heterocycles. The minimum absolute atomic E-state index is 0.0576. The second-order valence-corrected chi connectivity index (χ2v) is 20.0. The van der Waals surface area contributed by atoms with Gasteiger partial charge in [-0.25, -0.2) is 8.78 Å². The van der Waals surface area contributed by atoms with Gasteiger partial charge in [-0.05, 0) is 215 Å². The zero-order chi connectivity index (χ0) is 61.2. The minimum atomic E-state index is -0.720. The highest BCUT2D eigenvalue weighted by molar-refractivity contribution is 6.28. The van der Waals surface area contributed by atoms with E-state index in [0.29, 0.717) is 65.7 Å². The molecule has 0 aliphatic carbocycles. The molecule has 0 saturated heterocycles. The number of halogens is 2. The molecule has 12 aromatic carbocycles. The average Bonchev–Trinajstić information content (AvgIpc) is 1.12.